The first-order valence-corrected chi connectivity index (χ1v) is 8.19. The first-order valence-electron chi connectivity index (χ1n) is 8.19. The summed E-state index contributed by atoms with van der Waals surface area (Å²) >= 11 is 0. The van der Waals surface area contributed by atoms with Crippen molar-refractivity contribution in [3.05, 3.63) is 70.5 Å². The van der Waals surface area contributed by atoms with Crippen LogP contribution in [0.25, 0.3) is 6.08 Å². The number of hydrogen-bond acceptors (Lipinski definition) is 5. The van der Waals surface area contributed by atoms with Crippen LogP contribution in [-0.2, 0) is 25.7 Å². The molecule has 0 bridgehead atoms. The Bertz CT molecular complexity index is 960. The molecule has 8 heteroatoms. The second kappa shape index (κ2) is 7.38. The van der Waals surface area contributed by atoms with Crippen molar-refractivity contribution in [2.24, 2.45) is 0 Å². The summed E-state index contributed by atoms with van der Waals surface area (Å²) in [5, 5.41) is 0. The summed E-state index contributed by atoms with van der Waals surface area (Å²) in [4.78, 5) is 24.1. The van der Waals surface area contributed by atoms with E-state index in [0.29, 0.717) is 5.56 Å². The van der Waals surface area contributed by atoms with Gasteiger partial charge in [-0.05, 0) is 35.9 Å². The summed E-state index contributed by atoms with van der Waals surface area (Å²) < 4.78 is 55.4. The van der Waals surface area contributed by atoms with Gasteiger partial charge in [0.1, 0.15) is 23.7 Å². The van der Waals surface area contributed by atoms with Gasteiger partial charge in [-0.3, -0.25) is 0 Å². The lowest BCUT2D eigenvalue weighted by Gasteiger charge is -2.29. The summed E-state index contributed by atoms with van der Waals surface area (Å²) in [6.07, 6.45) is 1.15. The van der Waals surface area contributed by atoms with Crippen LogP contribution in [0.5, 0.6) is 5.75 Å². The highest BCUT2D eigenvalue weighted by Crippen LogP contribution is 2.28. The number of benzene rings is 2. The monoisotopic (exact) mass is 392 g/mol. The first kappa shape index (κ1) is 19.5. The van der Waals surface area contributed by atoms with Crippen LogP contribution < -0.4 is 4.74 Å². The van der Waals surface area contributed by atoms with E-state index in [1.54, 1.807) is 0 Å². The van der Waals surface area contributed by atoms with Crippen LogP contribution in [-0.4, -0.2) is 17.7 Å². The third-order valence-corrected chi connectivity index (χ3v) is 3.77. The lowest BCUT2D eigenvalue weighted by molar-refractivity contribution is -0.222. The minimum absolute atomic E-state index is 0.0114. The molecule has 2 aromatic rings. The van der Waals surface area contributed by atoms with Crippen molar-refractivity contribution in [3.8, 4) is 5.75 Å². The largest absolute Gasteiger partial charge is 0.488 e. The fourth-order valence-corrected chi connectivity index (χ4v) is 2.48. The SMILES string of the molecule is CC1(C)OC(=O)C(=Cc2ccc(F)cc2OCc2ccc(F)c(F)c2)C(=O)O1. The average Bonchev–Trinajstić information content (AvgIpc) is 2.59. The van der Waals surface area contributed by atoms with Crippen molar-refractivity contribution in [2.45, 2.75) is 26.2 Å². The molecule has 1 fully saturated rings. The molecule has 1 aliphatic heterocycles. The maximum absolute atomic E-state index is 13.6. The number of rotatable bonds is 4. The Kier molecular flexibility index (Phi) is 5.13. The van der Waals surface area contributed by atoms with Crippen molar-refractivity contribution in [1.82, 2.24) is 0 Å². The molecule has 0 N–H and O–H groups in total. The summed E-state index contributed by atoms with van der Waals surface area (Å²) in [6.45, 7) is 2.63. The molecule has 3 rings (SSSR count). The van der Waals surface area contributed by atoms with Gasteiger partial charge in [-0.2, -0.15) is 0 Å². The number of halogens is 3. The molecular weight excluding hydrogens is 377 g/mol. The Balaban J connectivity index is 1.87. The average molecular weight is 392 g/mol. The molecule has 1 saturated heterocycles. The topological polar surface area (TPSA) is 61.8 Å². The van der Waals surface area contributed by atoms with Gasteiger partial charge in [0, 0.05) is 25.5 Å². The molecular formula is C20H15F3O5. The second-order valence-electron chi connectivity index (χ2n) is 6.46. The van der Waals surface area contributed by atoms with Gasteiger partial charge in [0.05, 0.1) is 0 Å². The Hall–Kier alpha value is -3.29. The predicted molar refractivity (Wildman–Crippen MR) is 91.3 cm³/mol. The highest BCUT2D eigenvalue weighted by Gasteiger charge is 2.39. The van der Waals surface area contributed by atoms with Crippen LogP contribution in [0.3, 0.4) is 0 Å². The van der Waals surface area contributed by atoms with Gasteiger partial charge >= 0.3 is 11.9 Å². The summed E-state index contributed by atoms with van der Waals surface area (Å²) in [7, 11) is 0. The molecule has 5 nitrogen and oxygen atoms in total. The van der Waals surface area contributed by atoms with Gasteiger partial charge < -0.3 is 14.2 Å². The van der Waals surface area contributed by atoms with Crippen molar-refractivity contribution in [1.29, 1.82) is 0 Å². The van der Waals surface area contributed by atoms with Crippen LogP contribution in [0.4, 0.5) is 13.2 Å². The van der Waals surface area contributed by atoms with E-state index in [2.05, 4.69) is 0 Å². The van der Waals surface area contributed by atoms with E-state index < -0.39 is 35.2 Å². The third-order valence-electron chi connectivity index (χ3n) is 3.77. The number of hydrogen-bond donors (Lipinski definition) is 0. The van der Waals surface area contributed by atoms with Gasteiger partial charge in [0.15, 0.2) is 11.6 Å². The molecule has 0 atom stereocenters. The minimum Gasteiger partial charge on any atom is -0.488 e. The summed E-state index contributed by atoms with van der Waals surface area (Å²) in [5.41, 5.74) is 0.121. The fourth-order valence-electron chi connectivity index (χ4n) is 2.48. The van der Waals surface area contributed by atoms with Crippen LogP contribution in [0.2, 0.25) is 0 Å². The quantitative estimate of drug-likeness (QED) is 0.449. The van der Waals surface area contributed by atoms with Crippen molar-refractivity contribution in [2.75, 3.05) is 0 Å². The Morgan fingerprint density at radius 3 is 2.29 bits per heavy atom. The van der Waals surface area contributed by atoms with E-state index in [9.17, 15) is 22.8 Å². The molecule has 1 heterocycles. The molecule has 146 valence electrons. The Morgan fingerprint density at radius 1 is 0.964 bits per heavy atom. The van der Waals surface area contributed by atoms with E-state index in [4.69, 9.17) is 14.2 Å². The Morgan fingerprint density at radius 2 is 1.64 bits per heavy atom. The van der Waals surface area contributed by atoms with Crippen molar-refractivity contribution < 1.29 is 37.0 Å². The molecule has 0 spiro atoms. The van der Waals surface area contributed by atoms with Gasteiger partial charge in [0.2, 0.25) is 0 Å². The molecule has 0 aliphatic carbocycles. The van der Waals surface area contributed by atoms with E-state index in [0.717, 1.165) is 30.3 Å². The van der Waals surface area contributed by atoms with E-state index in [1.807, 2.05) is 0 Å². The molecule has 0 unspecified atom stereocenters. The molecule has 0 saturated carbocycles. The maximum atomic E-state index is 13.6. The minimum atomic E-state index is -1.39. The lowest BCUT2D eigenvalue weighted by atomic mass is 10.1. The molecule has 28 heavy (non-hydrogen) atoms. The smallest absolute Gasteiger partial charge is 0.348 e. The molecule has 1 aliphatic rings. The predicted octanol–water partition coefficient (Wildman–Crippen LogP) is 3.90. The van der Waals surface area contributed by atoms with Crippen molar-refractivity contribution >= 4 is 18.0 Å². The van der Waals surface area contributed by atoms with Crippen LogP contribution in [0.1, 0.15) is 25.0 Å². The summed E-state index contributed by atoms with van der Waals surface area (Å²) in [5.74, 6) is -5.86. The second-order valence-corrected chi connectivity index (χ2v) is 6.46. The number of carbonyl (C=O) groups excluding carboxylic acids is 2. The van der Waals surface area contributed by atoms with Gasteiger partial charge in [-0.25, -0.2) is 22.8 Å². The summed E-state index contributed by atoms with van der Waals surface area (Å²) in [6, 6.07) is 6.65. The van der Waals surface area contributed by atoms with Crippen molar-refractivity contribution in [3.63, 3.8) is 0 Å². The number of esters is 2. The molecule has 2 aromatic carbocycles. The zero-order chi connectivity index (χ0) is 20.5. The maximum Gasteiger partial charge on any atom is 0.348 e. The van der Waals surface area contributed by atoms with Gasteiger partial charge in [-0.15, -0.1) is 0 Å². The zero-order valence-electron chi connectivity index (χ0n) is 14.9. The standard InChI is InChI=1S/C20H15F3O5/c1-20(2)27-18(24)14(19(25)28-20)8-12-4-5-13(21)9-17(12)26-10-11-3-6-15(22)16(23)7-11/h3-9H,10H2,1-2H3. The highest BCUT2D eigenvalue weighted by atomic mass is 19.2. The van der Waals surface area contributed by atoms with Crippen LogP contribution >= 0.6 is 0 Å². The lowest BCUT2D eigenvalue weighted by Crippen LogP contribution is -2.41. The van der Waals surface area contributed by atoms with Gasteiger partial charge in [-0.1, -0.05) is 6.07 Å². The van der Waals surface area contributed by atoms with Crippen LogP contribution in [0, 0.1) is 17.5 Å². The first-order chi connectivity index (χ1) is 13.1. The zero-order valence-corrected chi connectivity index (χ0v) is 14.9. The molecule has 0 amide bonds. The number of ether oxygens (including phenoxy) is 3. The van der Waals surface area contributed by atoms with E-state index >= 15 is 0 Å². The van der Waals surface area contributed by atoms with E-state index in [1.165, 1.54) is 26.0 Å². The van der Waals surface area contributed by atoms with Crippen LogP contribution in [0.15, 0.2) is 42.0 Å². The fraction of sp³-hybridized carbons (Fsp3) is 0.200. The molecule has 0 aromatic heterocycles. The number of carbonyl (C=O) groups is 2. The highest BCUT2D eigenvalue weighted by molar-refractivity contribution is 6.19. The third kappa shape index (κ3) is 4.33. The van der Waals surface area contributed by atoms with E-state index in [-0.39, 0.29) is 23.5 Å². The Labute approximate surface area is 158 Å². The number of cyclic esters (lactones) is 2. The normalized spacial score (nSPS) is 15.7. The molecule has 0 radical (unpaired) electrons. The van der Waals surface area contributed by atoms with Gasteiger partial charge in [0.25, 0.3) is 5.79 Å².